The van der Waals surface area contributed by atoms with Crippen LogP contribution in [0, 0.1) is 10.1 Å². The van der Waals surface area contributed by atoms with E-state index in [0.29, 0.717) is 45.8 Å². The highest BCUT2D eigenvalue weighted by molar-refractivity contribution is 8.26. The average molecular weight is 585 g/mol. The van der Waals surface area contributed by atoms with E-state index in [0.717, 1.165) is 16.5 Å². The molecule has 0 bridgehead atoms. The highest BCUT2D eigenvalue weighted by Crippen LogP contribution is 2.40. The van der Waals surface area contributed by atoms with Crippen LogP contribution in [0.3, 0.4) is 0 Å². The largest absolute Gasteiger partial charge is 0.322 e. The second-order valence-electron chi connectivity index (χ2n) is 7.56. The number of thioether (sulfide) groups is 1. The number of nitrogens with zero attached hydrogens (tertiary/aromatic N) is 2. The van der Waals surface area contributed by atoms with Gasteiger partial charge in [-0.25, -0.2) is 4.98 Å². The van der Waals surface area contributed by atoms with Crippen LogP contribution in [0.1, 0.15) is 15.9 Å². The Bertz CT molecular complexity index is 1640. The van der Waals surface area contributed by atoms with E-state index in [-0.39, 0.29) is 17.5 Å². The Kier molecular flexibility index (Phi) is 7.26. The SMILES string of the molecule is O=C1NC(=S)S/C1=C\c1ccc(Sc2nc3ccc(NC(=O)c4ccc(Cl)cc4)cc3s2)c([N+](=O)[O-])c1. The molecule has 3 aromatic carbocycles. The number of carbonyl (C=O) groups is 2. The van der Waals surface area contributed by atoms with Crippen molar-refractivity contribution in [3.05, 3.63) is 91.8 Å². The number of benzene rings is 3. The lowest BCUT2D eigenvalue weighted by atomic mass is 10.2. The Balaban J connectivity index is 1.36. The minimum atomic E-state index is -0.464. The number of thiocarbonyl (C=S) groups is 1. The predicted octanol–water partition coefficient (Wildman–Crippen LogP) is 6.75. The molecule has 2 N–H and O–H groups in total. The molecule has 5 rings (SSSR count). The van der Waals surface area contributed by atoms with Gasteiger partial charge in [-0.3, -0.25) is 19.7 Å². The number of rotatable bonds is 6. The van der Waals surface area contributed by atoms with E-state index in [4.69, 9.17) is 23.8 Å². The minimum absolute atomic E-state index is 0.0968. The minimum Gasteiger partial charge on any atom is -0.322 e. The van der Waals surface area contributed by atoms with Crippen molar-refractivity contribution in [1.29, 1.82) is 0 Å². The van der Waals surface area contributed by atoms with Crippen molar-refractivity contribution >= 4 is 102 Å². The van der Waals surface area contributed by atoms with Crippen LogP contribution in [0.2, 0.25) is 5.02 Å². The zero-order chi connectivity index (χ0) is 26.1. The van der Waals surface area contributed by atoms with Gasteiger partial charge in [0.25, 0.3) is 17.5 Å². The molecule has 1 aliphatic rings. The van der Waals surface area contributed by atoms with E-state index in [2.05, 4.69) is 15.6 Å². The molecule has 0 radical (unpaired) electrons. The predicted molar refractivity (Wildman–Crippen MR) is 153 cm³/mol. The number of hydrogen-bond donors (Lipinski definition) is 2. The summed E-state index contributed by atoms with van der Waals surface area (Å²) in [6.45, 7) is 0. The molecule has 0 atom stereocenters. The molecule has 37 heavy (non-hydrogen) atoms. The van der Waals surface area contributed by atoms with Gasteiger partial charge in [0.2, 0.25) is 0 Å². The van der Waals surface area contributed by atoms with Gasteiger partial charge >= 0.3 is 0 Å². The van der Waals surface area contributed by atoms with Crippen LogP contribution in [0.15, 0.2) is 74.8 Å². The lowest BCUT2D eigenvalue weighted by molar-refractivity contribution is -0.387. The summed E-state index contributed by atoms with van der Waals surface area (Å²) >= 11 is 14.5. The highest BCUT2D eigenvalue weighted by Gasteiger charge is 2.23. The molecule has 0 saturated carbocycles. The topological polar surface area (TPSA) is 114 Å². The maximum absolute atomic E-state index is 12.5. The van der Waals surface area contributed by atoms with Crippen LogP contribution in [-0.4, -0.2) is 26.0 Å². The number of carbonyl (C=O) groups excluding carboxylic acids is 2. The lowest BCUT2D eigenvalue weighted by Gasteiger charge is -2.05. The molecule has 13 heteroatoms. The van der Waals surface area contributed by atoms with Crippen LogP contribution < -0.4 is 10.6 Å². The maximum atomic E-state index is 12.5. The third-order valence-corrected chi connectivity index (χ3v) is 8.61. The molecule has 8 nitrogen and oxygen atoms in total. The van der Waals surface area contributed by atoms with Crippen molar-refractivity contribution in [3.8, 4) is 0 Å². The van der Waals surface area contributed by atoms with Crippen LogP contribution in [-0.2, 0) is 4.79 Å². The Morgan fingerprint density at radius 3 is 2.65 bits per heavy atom. The highest BCUT2D eigenvalue weighted by atomic mass is 35.5. The van der Waals surface area contributed by atoms with Crippen LogP contribution in [0.4, 0.5) is 11.4 Å². The molecule has 4 aromatic rings. The second kappa shape index (κ2) is 10.6. The van der Waals surface area contributed by atoms with Crippen molar-refractivity contribution in [2.24, 2.45) is 0 Å². The van der Waals surface area contributed by atoms with E-state index in [1.54, 1.807) is 54.6 Å². The van der Waals surface area contributed by atoms with Gasteiger partial charge in [0.1, 0.15) is 4.32 Å². The Labute approximate surface area is 232 Å². The number of fused-ring (bicyclic) bond motifs is 1. The quantitative estimate of drug-likeness (QED) is 0.111. The molecular weight excluding hydrogens is 572 g/mol. The van der Waals surface area contributed by atoms with Gasteiger partial charge in [0, 0.05) is 22.3 Å². The molecule has 1 fully saturated rings. The number of anilines is 1. The fraction of sp³-hybridized carbons (Fsp3) is 0. The summed E-state index contributed by atoms with van der Waals surface area (Å²) in [6, 6.07) is 16.7. The Morgan fingerprint density at radius 1 is 1.16 bits per heavy atom. The van der Waals surface area contributed by atoms with Gasteiger partial charge in [-0.15, -0.1) is 11.3 Å². The first-order valence-corrected chi connectivity index (χ1v) is 13.7. The molecule has 1 aromatic heterocycles. The number of aromatic nitrogens is 1. The van der Waals surface area contributed by atoms with Crippen molar-refractivity contribution in [2.75, 3.05) is 5.32 Å². The zero-order valence-corrected chi connectivity index (χ0v) is 22.4. The summed E-state index contributed by atoms with van der Waals surface area (Å²) in [4.78, 5) is 41.1. The third-order valence-electron chi connectivity index (χ3n) is 5.05. The smallest absolute Gasteiger partial charge is 0.283 e. The van der Waals surface area contributed by atoms with Crippen molar-refractivity contribution in [1.82, 2.24) is 10.3 Å². The van der Waals surface area contributed by atoms with Crippen LogP contribution in [0.25, 0.3) is 16.3 Å². The molecule has 0 aliphatic carbocycles. The zero-order valence-electron chi connectivity index (χ0n) is 18.4. The van der Waals surface area contributed by atoms with E-state index < -0.39 is 4.92 Å². The molecular formula is C24H13ClN4O4S4. The lowest BCUT2D eigenvalue weighted by Crippen LogP contribution is -2.17. The first-order valence-electron chi connectivity index (χ1n) is 10.4. The van der Waals surface area contributed by atoms with Gasteiger partial charge in [-0.05, 0) is 60.2 Å². The molecule has 0 spiro atoms. The first kappa shape index (κ1) is 25.4. The summed E-state index contributed by atoms with van der Waals surface area (Å²) in [5, 5.41) is 17.7. The summed E-state index contributed by atoms with van der Waals surface area (Å²) in [5.41, 5.74) is 2.21. The second-order valence-corrected chi connectivity index (χ2v) is 12.0. The number of halogens is 1. The maximum Gasteiger partial charge on any atom is 0.283 e. The number of amides is 2. The van der Waals surface area contributed by atoms with E-state index in [9.17, 15) is 19.7 Å². The summed E-state index contributed by atoms with van der Waals surface area (Å²) in [5.74, 6) is -0.592. The Hall–Kier alpha value is -3.29. The van der Waals surface area contributed by atoms with E-state index in [1.165, 1.54) is 29.2 Å². The molecule has 2 amide bonds. The fourth-order valence-corrected chi connectivity index (χ4v) is 6.67. The molecule has 184 valence electrons. The fourth-order valence-electron chi connectivity index (χ4n) is 3.35. The number of nitrogens with one attached hydrogen (secondary N) is 2. The van der Waals surface area contributed by atoms with Gasteiger partial charge < -0.3 is 10.6 Å². The van der Waals surface area contributed by atoms with E-state index in [1.807, 2.05) is 6.07 Å². The average Bonchev–Trinajstić information content (AvgIpc) is 3.40. The third kappa shape index (κ3) is 5.84. The van der Waals surface area contributed by atoms with Crippen molar-refractivity contribution in [2.45, 2.75) is 9.24 Å². The van der Waals surface area contributed by atoms with Crippen molar-refractivity contribution in [3.63, 3.8) is 0 Å². The molecule has 0 unspecified atom stereocenters. The van der Waals surface area contributed by atoms with E-state index >= 15 is 0 Å². The Morgan fingerprint density at radius 2 is 1.95 bits per heavy atom. The first-order chi connectivity index (χ1) is 17.7. The normalized spacial score (nSPS) is 14.2. The number of thiazole rings is 1. The van der Waals surface area contributed by atoms with Gasteiger partial charge in [0.15, 0.2) is 4.34 Å². The van der Waals surface area contributed by atoms with Gasteiger partial charge in [-0.1, -0.05) is 53.4 Å². The standard InChI is InChI=1S/C24H13ClN4O4S4/c25-14-4-2-13(3-5-14)21(30)26-15-6-7-16-19(11-15)37-24(27-16)36-18-8-1-12(9-17(18)29(32)33)10-20-22(31)28-23(34)35-20/h1-11H,(H,26,30)(H,28,31,34)/b20-10-. The van der Waals surface area contributed by atoms with Gasteiger partial charge in [-0.2, -0.15) is 0 Å². The summed E-state index contributed by atoms with van der Waals surface area (Å²) in [7, 11) is 0. The number of nitro benzene ring substituents is 1. The number of hydrogen-bond acceptors (Lipinski definition) is 9. The van der Waals surface area contributed by atoms with Gasteiger partial charge in [0.05, 0.1) is 24.9 Å². The van der Waals surface area contributed by atoms with Crippen LogP contribution >= 0.6 is 58.7 Å². The molecule has 1 aliphatic heterocycles. The molecule has 2 heterocycles. The van der Waals surface area contributed by atoms with Crippen LogP contribution in [0.5, 0.6) is 0 Å². The summed E-state index contributed by atoms with van der Waals surface area (Å²) < 4.78 is 1.78. The monoisotopic (exact) mass is 584 g/mol. The summed E-state index contributed by atoms with van der Waals surface area (Å²) in [6.07, 6.45) is 1.57. The molecule has 1 saturated heterocycles. The number of nitro groups is 1. The van der Waals surface area contributed by atoms with Crippen molar-refractivity contribution < 1.29 is 14.5 Å².